The monoisotopic (exact) mass is 877 g/mol. The van der Waals surface area contributed by atoms with Crippen LogP contribution >= 0.6 is 12.2 Å². The van der Waals surface area contributed by atoms with E-state index in [-0.39, 0.29) is 53.7 Å². The van der Waals surface area contributed by atoms with Crippen LogP contribution in [0.3, 0.4) is 0 Å². The van der Waals surface area contributed by atoms with E-state index in [9.17, 15) is 46.7 Å². The lowest BCUT2D eigenvalue weighted by Crippen LogP contribution is -2.54. The number of thiocarbonyl (C=S) groups is 1. The first-order chi connectivity index (χ1) is 29.4. The highest BCUT2D eigenvalue weighted by Crippen LogP contribution is 2.42. The van der Waals surface area contributed by atoms with Gasteiger partial charge in [0.25, 0.3) is 23.6 Å². The molecule has 0 aromatic heterocycles. The van der Waals surface area contributed by atoms with Crippen molar-refractivity contribution in [3.8, 4) is 11.8 Å². The molecule has 15 nitrogen and oxygen atoms in total. The molecule has 0 spiro atoms. The molecule has 62 heavy (non-hydrogen) atoms. The molecule has 3 aliphatic heterocycles. The van der Waals surface area contributed by atoms with Gasteiger partial charge in [-0.2, -0.15) is 18.4 Å². The second kappa shape index (κ2) is 18.1. The molecule has 3 N–H and O–H groups in total. The van der Waals surface area contributed by atoms with E-state index in [2.05, 4.69) is 16.0 Å². The lowest BCUT2D eigenvalue weighted by atomic mass is 10.0. The normalized spacial score (nSPS) is 17.2. The van der Waals surface area contributed by atoms with Crippen LogP contribution in [0.2, 0.25) is 0 Å². The number of carbonyl (C=O) groups excluding carboxylic acids is 7. The number of amides is 7. The van der Waals surface area contributed by atoms with Gasteiger partial charge in [0.05, 0.1) is 28.4 Å². The standard InChI is InChI=1S/C42H39F4N7O8S/c1-41(2)39(60)52(27-16-13-24(21-47)34(35(27)43)42(44,45)46)40(62)53(41)25-14-11-23(12-15-25)7-5-10-30(54)48-19-3-4-20-49-32(56)22-61-29-9-6-8-26-33(29)38(59)51(37(26)58)28-17-18-31(55)50-36(28)57/h6,8-9,11-16,28H,3-5,7,10,17-20,22H2,1-2H3,(H,48,54)(H,49,56)(H,50,55,57). The number of hydrogen-bond acceptors (Lipinski definition) is 10. The van der Waals surface area contributed by atoms with Crippen LogP contribution in [0, 0.1) is 17.1 Å². The Bertz CT molecular complexity index is 2420. The van der Waals surface area contributed by atoms with Crippen molar-refractivity contribution in [3.63, 3.8) is 0 Å². The maximum Gasteiger partial charge on any atom is 0.420 e. The second-order valence-electron chi connectivity index (χ2n) is 15.1. The van der Waals surface area contributed by atoms with Gasteiger partial charge >= 0.3 is 6.18 Å². The zero-order valence-corrected chi connectivity index (χ0v) is 34.1. The number of benzene rings is 3. The zero-order valence-electron chi connectivity index (χ0n) is 33.3. The number of carbonyl (C=O) groups is 7. The van der Waals surface area contributed by atoms with E-state index in [1.54, 1.807) is 24.3 Å². The molecule has 3 aromatic rings. The number of rotatable bonds is 15. The Hall–Kier alpha value is -6.75. The van der Waals surface area contributed by atoms with Crippen molar-refractivity contribution in [3.05, 3.63) is 88.2 Å². The Kier molecular flexibility index (Phi) is 13.1. The SMILES string of the molecule is CC1(C)C(=O)N(c2ccc(C#N)c(C(F)(F)F)c2F)C(=S)N1c1ccc(CCCC(=O)NCCCCNC(=O)COc2cccc3c2C(=O)N(C2CCC(=O)NC2=O)C3=O)cc1. The van der Waals surface area contributed by atoms with E-state index in [1.165, 1.54) is 43.0 Å². The maximum absolute atomic E-state index is 15.3. The zero-order chi connectivity index (χ0) is 45.1. The van der Waals surface area contributed by atoms with Crippen molar-refractivity contribution in [2.24, 2.45) is 0 Å². The first kappa shape index (κ1) is 44.8. The summed E-state index contributed by atoms with van der Waals surface area (Å²) < 4.78 is 62.0. The maximum atomic E-state index is 15.3. The molecule has 3 aliphatic rings. The first-order valence-electron chi connectivity index (χ1n) is 19.4. The smallest absolute Gasteiger partial charge is 0.420 e. The van der Waals surface area contributed by atoms with Crippen molar-refractivity contribution < 1.29 is 55.9 Å². The summed E-state index contributed by atoms with van der Waals surface area (Å²) >= 11 is 5.50. The highest BCUT2D eigenvalue weighted by atomic mass is 32.1. The van der Waals surface area contributed by atoms with Gasteiger partial charge in [-0.25, -0.2) is 4.39 Å². The molecule has 20 heteroatoms. The molecule has 1 atom stereocenters. The van der Waals surface area contributed by atoms with Crippen LogP contribution in [0.4, 0.5) is 28.9 Å². The molecule has 7 amide bonds. The minimum Gasteiger partial charge on any atom is -0.483 e. The van der Waals surface area contributed by atoms with Crippen LogP contribution < -0.4 is 30.5 Å². The van der Waals surface area contributed by atoms with Crippen LogP contribution in [0.15, 0.2) is 54.6 Å². The van der Waals surface area contributed by atoms with E-state index in [0.29, 0.717) is 42.8 Å². The predicted octanol–water partition coefficient (Wildman–Crippen LogP) is 4.45. The van der Waals surface area contributed by atoms with E-state index in [0.717, 1.165) is 22.6 Å². The number of nitrogens with one attached hydrogen (secondary N) is 3. The highest BCUT2D eigenvalue weighted by molar-refractivity contribution is 7.81. The molecular weight excluding hydrogens is 839 g/mol. The molecule has 324 valence electrons. The Morgan fingerprint density at radius 1 is 0.952 bits per heavy atom. The number of halogens is 4. The van der Waals surface area contributed by atoms with Gasteiger partial charge in [-0.3, -0.25) is 48.7 Å². The number of hydrogen-bond donors (Lipinski definition) is 3. The fourth-order valence-corrected chi connectivity index (χ4v) is 7.92. The summed E-state index contributed by atoms with van der Waals surface area (Å²) in [5, 5.41) is 16.5. The third kappa shape index (κ3) is 8.98. The van der Waals surface area contributed by atoms with Gasteiger partial charge in [0.15, 0.2) is 17.5 Å². The minimum atomic E-state index is -5.20. The van der Waals surface area contributed by atoms with Crippen molar-refractivity contribution in [1.82, 2.24) is 20.9 Å². The van der Waals surface area contributed by atoms with Gasteiger partial charge in [-0.15, -0.1) is 0 Å². The molecule has 3 heterocycles. The van der Waals surface area contributed by atoms with Gasteiger partial charge in [-0.05, 0) is 100 Å². The first-order valence-corrected chi connectivity index (χ1v) is 19.9. The van der Waals surface area contributed by atoms with Gasteiger partial charge in [-0.1, -0.05) is 18.2 Å². The summed E-state index contributed by atoms with van der Waals surface area (Å²) in [6, 6.07) is 13.1. The van der Waals surface area contributed by atoms with E-state index < -0.39 is 82.4 Å². The number of ether oxygens (including phenoxy) is 1. The van der Waals surface area contributed by atoms with Crippen LogP contribution in [-0.2, 0) is 36.6 Å². The second-order valence-corrected chi connectivity index (χ2v) is 15.5. The van der Waals surface area contributed by atoms with Crippen LogP contribution in [-0.4, -0.2) is 82.6 Å². The lowest BCUT2D eigenvalue weighted by molar-refractivity contribution is -0.140. The summed E-state index contributed by atoms with van der Waals surface area (Å²) in [6.45, 7) is 3.19. The van der Waals surface area contributed by atoms with Crippen molar-refractivity contribution in [2.45, 2.75) is 76.6 Å². The summed E-state index contributed by atoms with van der Waals surface area (Å²) in [6.07, 6.45) is -2.88. The number of nitrogens with zero attached hydrogens (tertiary/aromatic N) is 4. The number of fused-ring (bicyclic) bond motifs is 1. The van der Waals surface area contributed by atoms with Gasteiger partial charge < -0.3 is 20.3 Å². The van der Waals surface area contributed by atoms with Gasteiger partial charge in [0, 0.05) is 31.6 Å². The topological polar surface area (TPSA) is 198 Å². The molecule has 0 bridgehead atoms. The Morgan fingerprint density at radius 3 is 2.27 bits per heavy atom. The fraction of sp³-hybridized carbons (Fsp3) is 0.357. The Balaban J connectivity index is 0.902. The van der Waals surface area contributed by atoms with Gasteiger partial charge in [0.2, 0.25) is 17.7 Å². The van der Waals surface area contributed by atoms with Crippen LogP contribution in [0.5, 0.6) is 5.75 Å². The molecule has 0 aliphatic carbocycles. The average molecular weight is 878 g/mol. The van der Waals surface area contributed by atoms with Gasteiger partial charge in [0.1, 0.15) is 22.9 Å². The fourth-order valence-electron chi connectivity index (χ4n) is 7.41. The van der Waals surface area contributed by atoms with Crippen LogP contribution in [0.1, 0.15) is 89.8 Å². The van der Waals surface area contributed by atoms with Crippen molar-refractivity contribution >= 4 is 70.1 Å². The Labute approximate surface area is 357 Å². The lowest BCUT2D eigenvalue weighted by Gasteiger charge is -2.29. The number of alkyl halides is 3. The van der Waals surface area contributed by atoms with E-state index in [4.69, 9.17) is 22.2 Å². The molecule has 3 aromatic carbocycles. The van der Waals surface area contributed by atoms with E-state index in [1.807, 2.05) is 0 Å². The van der Waals surface area contributed by atoms with Crippen LogP contribution in [0.25, 0.3) is 0 Å². The number of imide groups is 2. The molecule has 2 saturated heterocycles. The summed E-state index contributed by atoms with van der Waals surface area (Å²) in [5.41, 5.74) is -3.60. The Morgan fingerprint density at radius 2 is 1.63 bits per heavy atom. The largest absolute Gasteiger partial charge is 0.483 e. The quantitative estimate of drug-likeness (QED) is 0.0845. The number of nitriles is 1. The third-order valence-corrected chi connectivity index (χ3v) is 10.9. The average Bonchev–Trinajstić information content (AvgIpc) is 3.57. The number of piperidine rings is 1. The van der Waals surface area contributed by atoms with Crippen molar-refractivity contribution in [2.75, 3.05) is 29.5 Å². The number of unbranched alkanes of at least 4 members (excludes halogenated alkanes) is 1. The van der Waals surface area contributed by atoms with Crippen molar-refractivity contribution in [1.29, 1.82) is 5.26 Å². The molecule has 2 fully saturated rings. The summed E-state index contributed by atoms with van der Waals surface area (Å²) in [5.74, 6) is -5.89. The summed E-state index contributed by atoms with van der Waals surface area (Å²) in [7, 11) is 0. The predicted molar refractivity (Wildman–Crippen MR) is 216 cm³/mol. The number of anilines is 2. The molecular formula is C42H39F4N7O8S. The summed E-state index contributed by atoms with van der Waals surface area (Å²) in [4.78, 5) is 91.4. The highest BCUT2D eigenvalue weighted by Gasteiger charge is 2.52. The molecule has 6 rings (SSSR count). The minimum absolute atomic E-state index is 0.000270. The van der Waals surface area contributed by atoms with E-state index >= 15 is 4.39 Å². The molecule has 1 unspecified atom stereocenters. The number of aryl methyl sites for hydroxylation is 1. The third-order valence-electron chi connectivity index (χ3n) is 10.5. The molecule has 0 saturated carbocycles. The molecule has 0 radical (unpaired) electrons.